The van der Waals surface area contributed by atoms with Gasteiger partial charge in [0.2, 0.25) is 0 Å². The van der Waals surface area contributed by atoms with E-state index in [2.05, 4.69) is 169 Å². The second-order valence-electron chi connectivity index (χ2n) is 15.6. The van der Waals surface area contributed by atoms with Gasteiger partial charge in [0.25, 0.3) is 0 Å². The van der Waals surface area contributed by atoms with Crippen molar-refractivity contribution in [2.45, 2.75) is 19.3 Å². The van der Waals surface area contributed by atoms with Gasteiger partial charge in [-0.05, 0) is 141 Å². The van der Waals surface area contributed by atoms with Crippen LogP contribution in [0.25, 0.3) is 43.8 Å². The molecule has 59 heavy (non-hydrogen) atoms. The first-order valence-corrected chi connectivity index (χ1v) is 19.9. The van der Waals surface area contributed by atoms with E-state index in [4.69, 9.17) is 0 Å². The first-order chi connectivity index (χ1) is 28.9. The van der Waals surface area contributed by atoms with Crippen LogP contribution in [0.2, 0.25) is 0 Å². The van der Waals surface area contributed by atoms with Crippen molar-refractivity contribution in [3.05, 3.63) is 216 Å². The Labute approximate surface area is 344 Å². The maximum absolute atomic E-state index is 9.60. The molecule has 0 fully saturated rings. The van der Waals surface area contributed by atoms with Gasteiger partial charge < -0.3 is 9.80 Å². The zero-order valence-corrected chi connectivity index (χ0v) is 32.8. The van der Waals surface area contributed by atoms with Crippen molar-refractivity contribution in [1.82, 2.24) is 0 Å². The van der Waals surface area contributed by atoms with Crippen molar-refractivity contribution in [2.75, 3.05) is 9.80 Å². The van der Waals surface area contributed by atoms with Gasteiger partial charge in [-0.25, -0.2) is 0 Å². The third kappa shape index (κ3) is 5.98. The number of rotatable bonds is 7. The highest BCUT2D eigenvalue weighted by atomic mass is 15.1. The lowest BCUT2D eigenvalue weighted by atomic mass is 9.79. The van der Waals surface area contributed by atoms with Gasteiger partial charge in [0.05, 0.1) is 29.0 Å². The largest absolute Gasteiger partial charge is 0.310 e. The van der Waals surface area contributed by atoms with Crippen molar-refractivity contribution < 1.29 is 0 Å². The summed E-state index contributed by atoms with van der Waals surface area (Å²) in [5.41, 5.74) is 14.6. The van der Waals surface area contributed by atoms with E-state index in [-0.39, 0.29) is 5.41 Å². The van der Waals surface area contributed by atoms with Gasteiger partial charge in [0.15, 0.2) is 0 Å². The van der Waals surface area contributed by atoms with Crippen molar-refractivity contribution in [3.8, 4) is 34.4 Å². The Morgan fingerprint density at radius 1 is 0.424 bits per heavy atom. The van der Waals surface area contributed by atoms with Crippen LogP contribution in [0, 0.1) is 22.7 Å². The molecule has 0 amide bonds. The number of fused-ring (bicyclic) bond motifs is 7. The Morgan fingerprint density at radius 2 is 0.932 bits per heavy atom. The molecule has 4 heteroatoms. The SMILES string of the molecule is CC1(C)c2cc(N(c3ccccc3)c3ccc(C#N)cc3)c3ccccc3c2-c2ccc3cc(N(c4ccc(C#N)cc4)c4ccc(-c5ccccc5)cc4)ccc3c21. The van der Waals surface area contributed by atoms with E-state index >= 15 is 0 Å². The molecule has 0 atom stereocenters. The van der Waals surface area contributed by atoms with E-state index < -0.39 is 0 Å². The van der Waals surface area contributed by atoms with Crippen LogP contribution in [0.15, 0.2) is 194 Å². The summed E-state index contributed by atoms with van der Waals surface area (Å²) in [4.78, 5) is 4.58. The van der Waals surface area contributed by atoms with E-state index in [1.807, 2.05) is 60.7 Å². The first kappa shape index (κ1) is 35.5. The fourth-order valence-electron chi connectivity index (χ4n) is 9.05. The van der Waals surface area contributed by atoms with Crippen molar-refractivity contribution in [3.63, 3.8) is 0 Å². The predicted octanol–water partition coefficient (Wildman–Crippen LogP) is 14.6. The summed E-state index contributed by atoms with van der Waals surface area (Å²) < 4.78 is 0. The predicted molar refractivity (Wildman–Crippen MR) is 243 cm³/mol. The van der Waals surface area contributed by atoms with Crippen LogP contribution in [-0.2, 0) is 5.41 Å². The van der Waals surface area contributed by atoms with Crippen LogP contribution in [0.1, 0.15) is 36.1 Å². The van der Waals surface area contributed by atoms with Gasteiger partial charge >= 0.3 is 0 Å². The fraction of sp³-hybridized carbons (Fsp3) is 0.0545. The molecule has 0 unspecified atom stereocenters. The van der Waals surface area contributed by atoms with E-state index in [1.54, 1.807) is 0 Å². The zero-order chi connectivity index (χ0) is 40.1. The molecule has 0 saturated carbocycles. The van der Waals surface area contributed by atoms with Crippen molar-refractivity contribution in [1.29, 1.82) is 10.5 Å². The zero-order valence-electron chi connectivity index (χ0n) is 32.8. The second kappa shape index (κ2) is 14.2. The molecule has 278 valence electrons. The Hall–Kier alpha value is -7.92. The minimum atomic E-state index is -0.322. The number of nitriles is 2. The maximum atomic E-state index is 9.60. The van der Waals surface area contributed by atoms with E-state index in [1.165, 1.54) is 38.6 Å². The lowest BCUT2D eigenvalue weighted by Gasteiger charge is -2.30. The molecule has 0 N–H and O–H groups in total. The molecule has 0 saturated heterocycles. The lowest BCUT2D eigenvalue weighted by molar-refractivity contribution is 0.667. The molecule has 0 aromatic heterocycles. The smallest absolute Gasteiger partial charge is 0.0991 e. The first-order valence-electron chi connectivity index (χ1n) is 19.9. The van der Waals surface area contributed by atoms with E-state index in [9.17, 15) is 10.5 Å². The highest BCUT2D eigenvalue weighted by Crippen LogP contribution is 2.56. The molecule has 0 bridgehead atoms. The number of anilines is 6. The fourth-order valence-corrected chi connectivity index (χ4v) is 9.05. The normalized spacial score (nSPS) is 12.3. The van der Waals surface area contributed by atoms with Gasteiger partial charge in [-0.15, -0.1) is 0 Å². The van der Waals surface area contributed by atoms with Gasteiger partial charge in [0, 0.05) is 39.2 Å². The van der Waals surface area contributed by atoms with Gasteiger partial charge in [-0.2, -0.15) is 10.5 Å². The molecular formula is C55H38N4. The average Bonchev–Trinajstić information content (AvgIpc) is 3.53. The summed E-state index contributed by atoms with van der Waals surface area (Å²) in [6, 6.07) is 72.4. The lowest BCUT2D eigenvalue weighted by Crippen LogP contribution is -2.17. The molecule has 4 nitrogen and oxygen atoms in total. The van der Waals surface area contributed by atoms with E-state index in [0.29, 0.717) is 11.1 Å². The summed E-state index contributed by atoms with van der Waals surface area (Å²) in [6.07, 6.45) is 0. The van der Waals surface area contributed by atoms with Crippen LogP contribution in [0.3, 0.4) is 0 Å². The molecule has 0 aliphatic heterocycles. The number of nitrogens with zero attached hydrogens (tertiary/aromatic N) is 4. The Morgan fingerprint density at radius 3 is 1.56 bits per heavy atom. The topological polar surface area (TPSA) is 54.1 Å². The molecule has 1 aliphatic rings. The highest BCUT2D eigenvalue weighted by Gasteiger charge is 2.39. The molecule has 0 heterocycles. The highest BCUT2D eigenvalue weighted by molar-refractivity contribution is 6.12. The summed E-state index contributed by atoms with van der Waals surface area (Å²) in [5, 5.41) is 24.0. The van der Waals surface area contributed by atoms with Crippen LogP contribution in [0.5, 0.6) is 0 Å². The number of hydrogen-bond acceptors (Lipinski definition) is 4. The summed E-state index contributed by atoms with van der Waals surface area (Å²) in [5.74, 6) is 0. The minimum absolute atomic E-state index is 0.322. The van der Waals surface area contributed by atoms with Crippen LogP contribution >= 0.6 is 0 Å². The van der Waals surface area contributed by atoms with Gasteiger partial charge in [0.1, 0.15) is 0 Å². The number of para-hydroxylation sites is 1. The maximum Gasteiger partial charge on any atom is 0.0991 e. The third-order valence-corrected chi connectivity index (χ3v) is 11.8. The summed E-state index contributed by atoms with van der Waals surface area (Å²) in [6.45, 7) is 4.71. The quantitative estimate of drug-likeness (QED) is 0.163. The van der Waals surface area contributed by atoms with Crippen LogP contribution < -0.4 is 9.80 Å². The van der Waals surface area contributed by atoms with Crippen LogP contribution in [0.4, 0.5) is 34.1 Å². The van der Waals surface area contributed by atoms with E-state index in [0.717, 1.165) is 50.5 Å². The average molecular weight is 755 g/mol. The monoisotopic (exact) mass is 754 g/mol. The molecule has 9 aromatic carbocycles. The summed E-state index contributed by atoms with van der Waals surface area (Å²) in [7, 11) is 0. The third-order valence-electron chi connectivity index (χ3n) is 11.8. The Kier molecular flexibility index (Phi) is 8.56. The van der Waals surface area contributed by atoms with Crippen molar-refractivity contribution in [2.24, 2.45) is 0 Å². The number of benzene rings is 9. The molecule has 1 aliphatic carbocycles. The molecule has 10 rings (SSSR count). The Balaban J connectivity index is 1.12. The van der Waals surface area contributed by atoms with Crippen molar-refractivity contribution >= 4 is 55.7 Å². The van der Waals surface area contributed by atoms with Gasteiger partial charge in [-0.3, -0.25) is 0 Å². The van der Waals surface area contributed by atoms with Crippen LogP contribution in [-0.4, -0.2) is 0 Å². The molecular weight excluding hydrogens is 717 g/mol. The Bertz CT molecular complexity index is 3120. The molecule has 9 aromatic rings. The summed E-state index contributed by atoms with van der Waals surface area (Å²) >= 11 is 0. The standard InChI is InChI=1S/C55H38N4/c1-55(2)51-34-52(59(42-13-7-4-8-14-42)45-26-19-38(36-57)20-27-45)48-15-9-10-16-49(48)53(51)50-31-23-41-33-46(30-32-47(41)54(50)55)58(43-24-17-37(35-56)18-25-43)44-28-21-40(22-29-44)39-11-5-3-6-12-39/h3-34H,1-2H3. The number of hydrogen-bond donors (Lipinski definition) is 0. The van der Waals surface area contributed by atoms with Gasteiger partial charge in [-0.1, -0.05) is 117 Å². The minimum Gasteiger partial charge on any atom is -0.310 e. The second-order valence-corrected chi connectivity index (χ2v) is 15.6. The molecule has 0 spiro atoms. The molecule has 0 radical (unpaired) electrons.